The van der Waals surface area contributed by atoms with Gasteiger partial charge in [-0.05, 0) is 30.7 Å². The summed E-state index contributed by atoms with van der Waals surface area (Å²) < 4.78 is 41.6. The maximum absolute atomic E-state index is 12.5. The SMILES string of the molecule is Cc1ccc([C@@H](O)c2ccc(-c3noc(C(F)(F)F)n3)s2)nc1. The molecule has 0 aliphatic rings. The van der Waals surface area contributed by atoms with E-state index in [1.54, 1.807) is 18.3 Å². The Bertz CT molecular complexity index is 811. The van der Waals surface area contributed by atoms with Crippen LogP contribution >= 0.6 is 11.3 Å². The van der Waals surface area contributed by atoms with Crippen molar-refractivity contribution in [3.05, 3.63) is 52.5 Å². The lowest BCUT2D eigenvalue weighted by Gasteiger charge is -2.07. The summed E-state index contributed by atoms with van der Waals surface area (Å²) in [6, 6.07) is 6.63. The number of aromatic nitrogens is 3. The number of nitrogens with zero attached hydrogens (tertiary/aromatic N) is 3. The second-order valence-electron chi connectivity index (χ2n) is 4.79. The van der Waals surface area contributed by atoms with Gasteiger partial charge in [-0.15, -0.1) is 11.3 Å². The number of aryl methyl sites for hydroxylation is 1. The Balaban J connectivity index is 1.85. The van der Waals surface area contributed by atoms with Crippen molar-refractivity contribution in [3.8, 4) is 10.7 Å². The molecule has 0 bridgehead atoms. The summed E-state index contributed by atoms with van der Waals surface area (Å²) in [6.45, 7) is 1.88. The third kappa shape index (κ3) is 3.25. The van der Waals surface area contributed by atoms with Crippen molar-refractivity contribution in [1.82, 2.24) is 15.1 Å². The van der Waals surface area contributed by atoms with E-state index in [1.807, 2.05) is 13.0 Å². The van der Waals surface area contributed by atoms with Gasteiger partial charge in [0.05, 0.1) is 10.6 Å². The minimum absolute atomic E-state index is 0.169. The molecule has 3 aromatic rings. The van der Waals surface area contributed by atoms with Gasteiger partial charge in [0.15, 0.2) is 0 Å². The van der Waals surface area contributed by atoms with Gasteiger partial charge in [-0.2, -0.15) is 18.2 Å². The second kappa shape index (κ2) is 5.74. The van der Waals surface area contributed by atoms with E-state index >= 15 is 0 Å². The fourth-order valence-electron chi connectivity index (χ4n) is 1.85. The predicted molar refractivity (Wildman–Crippen MR) is 75.6 cm³/mol. The summed E-state index contributed by atoms with van der Waals surface area (Å²) in [5, 5.41) is 13.6. The van der Waals surface area contributed by atoms with Gasteiger partial charge in [0, 0.05) is 11.1 Å². The third-order valence-electron chi connectivity index (χ3n) is 3.00. The fourth-order valence-corrected chi connectivity index (χ4v) is 2.78. The van der Waals surface area contributed by atoms with Crippen LogP contribution in [0.5, 0.6) is 0 Å². The van der Waals surface area contributed by atoms with E-state index < -0.39 is 18.2 Å². The second-order valence-corrected chi connectivity index (χ2v) is 5.90. The molecule has 3 heterocycles. The van der Waals surface area contributed by atoms with Crippen molar-refractivity contribution in [3.63, 3.8) is 0 Å². The molecule has 0 saturated heterocycles. The standard InChI is InChI=1S/C14H10F3N3O2S/c1-7-2-3-8(18-6-7)11(21)9-4-5-10(23-9)12-19-13(22-20-12)14(15,16)17/h2-6,11,21H,1H3/t11-/m1/s1. The number of thiophene rings is 1. The van der Waals surface area contributed by atoms with Crippen LogP contribution < -0.4 is 0 Å². The first-order valence-corrected chi connectivity index (χ1v) is 7.28. The minimum Gasteiger partial charge on any atom is -0.381 e. The molecule has 5 nitrogen and oxygen atoms in total. The molecule has 0 aliphatic heterocycles. The molecule has 3 aromatic heterocycles. The minimum atomic E-state index is -4.68. The van der Waals surface area contributed by atoms with E-state index in [4.69, 9.17) is 0 Å². The summed E-state index contributed by atoms with van der Waals surface area (Å²) in [4.78, 5) is 8.34. The molecule has 23 heavy (non-hydrogen) atoms. The zero-order valence-electron chi connectivity index (χ0n) is 11.7. The van der Waals surface area contributed by atoms with Crippen LogP contribution in [0.4, 0.5) is 13.2 Å². The molecular weight excluding hydrogens is 331 g/mol. The Kier molecular flexibility index (Phi) is 3.90. The van der Waals surface area contributed by atoms with Gasteiger partial charge in [-0.25, -0.2) is 0 Å². The Labute approximate surface area is 132 Å². The normalized spacial score (nSPS) is 13.3. The fraction of sp³-hybridized carbons (Fsp3) is 0.214. The number of halogens is 3. The topological polar surface area (TPSA) is 72.0 Å². The highest BCUT2D eigenvalue weighted by Gasteiger charge is 2.38. The van der Waals surface area contributed by atoms with Gasteiger partial charge < -0.3 is 9.63 Å². The smallest absolute Gasteiger partial charge is 0.381 e. The van der Waals surface area contributed by atoms with Crippen LogP contribution in [0.2, 0.25) is 0 Å². The number of pyridine rings is 1. The largest absolute Gasteiger partial charge is 0.471 e. The first kappa shape index (κ1) is 15.6. The molecule has 0 amide bonds. The van der Waals surface area contributed by atoms with Crippen LogP contribution in [0.15, 0.2) is 35.0 Å². The molecule has 0 aromatic carbocycles. The number of hydrogen-bond donors (Lipinski definition) is 1. The van der Waals surface area contributed by atoms with E-state index in [2.05, 4.69) is 19.6 Å². The van der Waals surface area contributed by atoms with Gasteiger partial charge in [-0.3, -0.25) is 4.98 Å². The number of aliphatic hydroxyl groups is 1. The van der Waals surface area contributed by atoms with Crippen molar-refractivity contribution in [2.45, 2.75) is 19.2 Å². The summed E-state index contributed by atoms with van der Waals surface area (Å²) >= 11 is 1.07. The Morgan fingerprint density at radius 1 is 1.22 bits per heavy atom. The number of hydrogen-bond acceptors (Lipinski definition) is 6. The van der Waals surface area contributed by atoms with Crippen molar-refractivity contribution < 1.29 is 22.8 Å². The lowest BCUT2D eigenvalue weighted by atomic mass is 10.2. The molecule has 0 aliphatic carbocycles. The van der Waals surface area contributed by atoms with Gasteiger partial charge in [0.25, 0.3) is 0 Å². The van der Waals surface area contributed by atoms with Crippen LogP contribution in [0, 0.1) is 6.92 Å². The molecule has 1 atom stereocenters. The average molecular weight is 341 g/mol. The lowest BCUT2D eigenvalue weighted by molar-refractivity contribution is -0.159. The number of alkyl halides is 3. The van der Waals surface area contributed by atoms with Gasteiger partial charge in [0.2, 0.25) is 5.82 Å². The van der Waals surface area contributed by atoms with Crippen LogP contribution in [0.3, 0.4) is 0 Å². The van der Waals surface area contributed by atoms with E-state index in [9.17, 15) is 18.3 Å². The molecule has 0 fully saturated rings. The van der Waals surface area contributed by atoms with Crippen LogP contribution in [0.25, 0.3) is 10.7 Å². The zero-order chi connectivity index (χ0) is 16.6. The zero-order valence-corrected chi connectivity index (χ0v) is 12.5. The quantitative estimate of drug-likeness (QED) is 0.788. The molecule has 9 heteroatoms. The molecule has 0 radical (unpaired) electrons. The van der Waals surface area contributed by atoms with Gasteiger partial charge in [-0.1, -0.05) is 11.2 Å². The Morgan fingerprint density at radius 2 is 2.00 bits per heavy atom. The average Bonchev–Trinajstić information content (AvgIpc) is 3.16. The summed E-state index contributed by atoms with van der Waals surface area (Å²) in [5.74, 6) is -1.57. The molecule has 0 unspecified atom stereocenters. The Morgan fingerprint density at radius 3 is 2.61 bits per heavy atom. The highest BCUT2D eigenvalue weighted by Crippen LogP contribution is 2.34. The maximum Gasteiger partial charge on any atom is 0.471 e. The van der Waals surface area contributed by atoms with E-state index in [0.717, 1.165) is 16.9 Å². The van der Waals surface area contributed by atoms with Crippen molar-refractivity contribution in [1.29, 1.82) is 0 Å². The van der Waals surface area contributed by atoms with Gasteiger partial charge in [0.1, 0.15) is 6.10 Å². The predicted octanol–water partition coefficient (Wildman–Crippen LogP) is 3.60. The van der Waals surface area contributed by atoms with Crippen LogP contribution in [-0.2, 0) is 6.18 Å². The highest BCUT2D eigenvalue weighted by atomic mass is 32.1. The highest BCUT2D eigenvalue weighted by molar-refractivity contribution is 7.15. The Hall–Kier alpha value is -2.26. The number of aliphatic hydroxyl groups excluding tert-OH is 1. The summed E-state index contributed by atoms with van der Waals surface area (Å²) in [5.41, 5.74) is 1.41. The van der Waals surface area contributed by atoms with E-state index in [1.165, 1.54) is 6.07 Å². The first-order chi connectivity index (χ1) is 10.8. The van der Waals surface area contributed by atoms with Crippen LogP contribution in [0.1, 0.15) is 28.1 Å². The van der Waals surface area contributed by atoms with E-state index in [0.29, 0.717) is 15.4 Å². The van der Waals surface area contributed by atoms with Crippen molar-refractivity contribution in [2.24, 2.45) is 0 Å². The molecule has 0 spiro atoms. The van der Waals surface area contributed by atoms with Crippen molar-refractivity contribution in [2.75, 3.05) is 0 Å². The molecule has 1 N–H and O–H groups in total. The number of rotatable bonds is 3. The van der Waals surface area contributed by atoms with Crippen molar-refractivity contribution >= 4 is 11.3 Å². The summed E-state index contributed by atoms with van der Waals surface area (Å²) in [6.07, 6.45) is -4.03. The monoisotopic (exact) mass is 341 g/mol. The molecular formula is C14H10F3N3O2S. The molecule has 120 valence electrons. The van der Waals surface area contributed by atoms with Gasteiger partial charge >= 0.3 is 12.1 Å². The van der Waals surface area contributed by atoms with E-state index in [-0.39, 0.29) is 5.82 Å². The molecule has 0 saturated carbocycles. The molecule has 3 rings (SSSR count). The first-order valence-electron chi connectivity index (χ1n) is 6.46. The third-order valence-corrected chi connectivity index (χ3v) is 4.13. The maximum atomic E-state index is 12.5. The summed E-state index contributed by atoms with van der Waals surface area (Å²) in [7, 11) is 0. The lowest BCUT2D eigenvalue weighted by Crippen LogP contribution is -2.04. The van der Waals surface area contributed by atoms with Crippen LogP contribution in [-0.4, -0.2) is 20.2 Å².